The normalized spacial score (nSPS) is 22.4. The second kappa shape index (κ2) is 14.5. The highest BCUT2D eigenvalue weighted by Crippen LogP contribution is 2.50. The third-order valence-corrected chi connectivity index (χ3v) is 11.5. The van der Waals surface area contributed by atoms with Crippen molar-refractivity contribution in [2.75, 3.05) is 20.2 Å². The number of benzene rings is 4. The molecule has 6 atom stereocenters. The molecule has 4 heterocycles. The highest BCUT2D eigenvalue weighted by molar-refractivity contribution is 6.08. The number of alkyl carbamates (subject to hydrolysis) is 1. The SMILES string of the molecule is C=CC1C[N+]2(Cc3cc4ccccc4c4ccccc34)CCC1CC2[C@@H](OC(=O)[C@H](NC(=O)OC(C)(C)C)C(C)C)c1ccnc2ccc(OC)cc12. The van der Waals surface area contributed by atoms with Crippen LogP contribution < -0.4 is 10.1 Å². The van der Waals surface area contributed by atoms with Gasteiger partial charge in [0.15, 0.2) is 6.10 Å². The van der Waals surface area contributed by atoms with E-state index in [1.165, 1.54) is 27.1 Å². The van der Waals surface area contributed by atoms with Gasteiger partial charge in [0, 0.05) is 41.5 Å². The van der Waals surface area contributed by atoms with Crippen LogP contribution in [0.5, 0.6) is 5.75 Å². The van der Waals surface area contributed by atoms with Crippen molar-refractivity contribution < 1.29 is 28.3 Å². The van der Waals surface area contributed by atoms with Gasteiger partial charge in [0.25, 0.3) is 0 Å². The number of pyridine rings is 1. The summed E-state index contributed by atoms with van der Waals surface area (Å²) in [6.07, 6.45) is 4.58. The van der Waals surface area contributed by atoms with Gasteiger partial charge in [0.1, 0.15) is 30.0 Å². The number of rotatable bonds is 10. The number of hydrogen-bond donors (Lipinski definition) is 1. The first-order valence-corrected chi connectivity index (χ1v) is 18.9. The average Bonchev–Trinajstić information content (AvgIpc) is 3.14. The fourth-order valence-electron chi connectivity index (χ4n) is 8.97. The lowest BCUT2D eigenvalue weighted by molar-refractivity contribution is -0.984. The molecule has 2 bridgehead atoms. The van der Waals surface area contributed by atoms with Crippen molar-refractivity contribution >= 4 is 44.5 Å². The Morgan fingerprint density at radius 2 is 1.72 bits per heavy atom. The number of aromatic nitrogens is 1. The molecular weight excluding hydrogens is 663 g/mol. The van der Waals surface area contributed by atoms with Gasteiger partial charge < -0.3 is 24.0 Å². The zero-order valence-electron chi connectivity index (χ0n) is 31.8. The maximum Gasteiger partial charge on any atom is 0.408 e. The second-order valence-electron chi connectivity index (χ2n) is 16.3. The third kappa shape index (κ3) is 7.21. The van der Waals surface area contributed by atoms with Gasteiger partial charge in [-0.2, -0.15) is 0 Å². The highest BCUT2D eigenvalue weighted by atomic mass is 16.6. The predicted octanol–water partition coefficient (Wildman–Crippen LogP) is 9.29. The third-order valence-electron chi connectivity index (χ3n) is 11.5. The lowest BCUT2D eigenvalue weighted by Crippen LogP contribution is -2.68. The number of piperidine rings is 3. The Labute approximate surface area is 312 Å². The Hall–Kier alpha value is -4.95. The van der Waals surface area contributed by atoms with Gasteiger partial charge in [-0.3, -0.25) is 4.98 Å². The van der Waals surface area contributed by atoms with Gasteiger partial charge in [-0.1, -0.05) is 68.5 Å². The number of amides is 1. The van der Waals surface area contributed by atoms with Crippen molar-refractivity contribution in [1.29, 1.82) is 0 Å². The lowest BCUT2D eigenvalue weighted by atomic mass is 9.71. The van der Waals surface area contributed by atoms with Gasteiger partial charge >= 0.3 is 12.1 Å². The number of nitrogens with zero attached hydrogens (tertiary/aromatic N) is 2. The number of carbonyl (C=O) groups excluding carboxylic acids is 2. The molecule has 1 aromatic heterocycles. The molecule has 8 nitrogen and oxygen atoms in total. The smallest absolute Gasteiger partial charge is 0.408 e. The van der Waals surface area contributed by atoms with Gasteiger partial charge in [0.2, 0.25) is 0 Å². The first-order chi connectivity index (χ1) is 25.4. The van der Waals surface area contributed by atoms with Crippen molar-refractivity contribution in [2.24, 2.45) is 17.8 Å². The van der Waals surface area contributed by atoms with Crippen LogP contribution in [0, 0.1) is 17.8 Å². The van der Waals surface area contributed by atoms with Crippen LogP contribution in [0.3, 0.4) is 0 Å². The number of carbonyl (C=O) groups is 2. The van der Waals surface area contributed by atoms with E-state index in [0.29, 0.717) is 17.6 Å². The predicted molar refractivity (Wildman–Crippen MR) is 210 cm³/mol. The van der Waals surface area contributed by atoms with Gasteiger partial charge in [0.05, 0.1) is 25.7 Å². The summed E-state index contributed by atoms with van der Waals surface area (Å²) < 4.78 is 18.8. The van der Waals surface area contributed by atoms with Crippen LogP contribution >= 0.6 is 0 Å². The van der Waals surface area contributed by atoms with Crippen LogP contribution in [0.1, 0.15) is 64.7 Å². The lowest BCUT2D eigenvalue weighted by Gasteiger charge is -2.58. The first kappa shape index (κ1) is 36.4. The molecule has 0 spiro atoms. The number of hydrogen-bond acceptors (Lipinski definition) is 6. The molecular formula is C45H52N3O5+. The molecule has 8 heteroatoms. The van der Waals surface area contributed by atoms with Crippen molar-refractivity contribution in [2.45, 2.75) is 77.8 Å². The Kier molecular flexibility index (Phi) is 9.94. The molecule has 53 heavy (non-hydrogen) atoms. The molecule has 8 rings (SSSR count). The number of quaternary nitrogens is 1. The molecule has 4 unspecified atom stereocenters. The number of fused-ring (bicyclic) bond motifs is 7. The van der Waals surface area contributed by atoms with Gasteiger partial charge in [-0.25, -0.2) is 9.59 Å². The van der Waals surface area contributed by atoms with Gasteiger partial charge in [-0.15, -0.1) is 6.58 Å². The average molecular weight is 715 g/mol. The highest BCUT2D eigenvalue weighted by Gasteiger charge is 2.56. The van der Waals surface area contributed by atoms with Crippen molar-refractivity contribution in [3.63, 3.8) is 0 Å². The van der Waals surface area contributed by atoms with E-state index in [2.05, 4.69) is 72.6 Å². The Bertz CT molecular complexity index is 2170. The van der Waals surface area contributed by atoms with Crippen molar-refractivity contribution in [3.8, 4) is 5.75 Å². The fourth-order valence-corrected chi connectivity index (χ4v) is 8.97. The number of esters is 1. The maximum absolute atomic E-state index is 14.5. The monoisotopic (exact) mass is 714 g/mol. The number of methoxy groups -OCH3 is 1. The van der Waals surface area contributed by atoms with Crippen LogP contribution in [0.25, 0.3) is 32.4 Å². The van der Waals surface area contributed by atoms with Gasteiger partial charge in [-0.05, 0) is 84.5 Å². The topological polar surface area (TPSA) is 86.8 Å². The molecule has 3 fully saturated rings. The summed E-state index contributed by atoms with van der Waals surface area (Å²) in [6.45, 7) is 16.1. The summed E-state index contributed by atoms with van der Waals surface area (Å²) in [5, 5.41) is 8.66. The standard InChI is InChI=1S/C45H51N3O5/c1-8-29-26-48(27-32-23-31-13-9-10-14-34(31)36-16-12-11-15-35(32)36)22-20-30(29)24-40(48)42(37-19-21-46-39-18-17-33(51-7)25-38(37)39)52-43(49)41(28(2)3)47-44(50)53-45(4,5)6/h8-19,21,23,25,28-30,40-42H,1,20,22,24,26-27H2,2-7H3/p+1/t29?,30?,40?,41-,42+,48?/m1/s1. The molecule has 1 N–H and O–H groups in total. The summed E-state index contributed by atoms with van der Waals surface area (Å²) in [5.41, 5.74) is 2.25. The molecule has 0 aliphatic carbocycles. The van der Waals surface area contributed by atoms with E-state index in [9.17, 15) is 9.59 Å². The van der Waals surface area contributed by atoms with E-state index in [1.807, 2.05) is 38.1 Å². The number of ether oxygens (including phenoxy) is 3. The zero-order valence-corrected chi connectivity index (χ0v) is 31.8. The van der Waals surface area contributed by atoms with E-state index in [1.54, 1.807) is 34.1 Å². The van der Waals surface area contributed by atoms with Crippen LogP contribution in [0.4, 0.5) is 4.79 Å². The number of nitrogens with one attached hydrogen (secondary N) is 1. The second-order valence-corrected chi connectivity index (χ2v) is 16.3. The molecule has 3 saturated heterocycles. The molecule has 5 aromatic rings. The van der Waals surface area contributed by atoms with Crippen LogP contribution in [0.15, 0.2) is 97.7 Å². The molecule has 0 radical (unpaired) electrons. The van der Waals surface area contributed by atoms with E-state index in [0.717, 1.165) is 53.4 Å². The molecule has 3 aliphatic rings. The molecule has 4 aromatic carbocycles. The summed E-state index contributed by atoms with van der Waals surface area (Å²) in [4.78, 5) is 32.3. The van der Waals surface area contributed by atoms with Crippen LogP contribution in [-0.2, 0) is 20.8 Å². The minimum absolute atomic E-state index is 0.0785. The summed E-state index contributed by atoms with van der Waals surface area (Å²) >= 11 is 0. The first-order valence-electron chi connectivity index (χ1n) is 18.9. The van der Waals surface area contributed by atoms with Crippen molar-refractivity contribution in [3.05, 3.63) is 109 Å². The zero-order chi connectivity index (χ0) is 37.5. The van der Waals surface area contributed by atoms with Crippen LogP contribution in [-0.4, -0.2) is 59.4 Å². The Morgan fingerprint density at radius 3 is 2.43 bits per heavy atom. The van der Waals surface area contributed by atoms with E-state index in [-0.39, 0.29) is 12.0 Å². The Morgan fingerprint density at radius 1 is 0.981 bits per heavy atom. The Balaban J connectivity index is 1.37. The van der Waals surface area contributed by atoms with E-state index in [4.69, 9.17) is 19.2 Å². The maximum atomic E-state index is 14.5. The van der Waals surface area contributed by atoms with Crippen molar-refractivity contribution in [1.82, 2.24) is 10.3 Å². The van der Waals surface area contributed by atoms with E-state index < -0.39 is 29.8 Å². The quantitative estimate of drug-likeness (QED) is 0.0672. The largest absolute Gasteiger partial charge is 0.497 e. The minimum atomic E-state index is -0.912. The molecule has 1 amide bonds. The fraction of sp³-hybridized carbons (Fsp3) is 0.400. The molecule has 276 valence electrons. The summed E-state index contributed by atoms with van der Waals surface area (Å²) in [5.74, 6) is 0.725. The molecule has 3 aliphatic heterocycles. The van der Waals surface area contributed by atoms with Crippen LogP contribution in [0.2, 0.25) is 0 Å². The summed E-state index contributed by atoms with van der Waals surface area (Å²) in [6, 6.07) is 26.5. The minimum Gasteiger partial charge on any atom is -0.497 e. The molecule has 0 saturated carbocycles. The van der Waals surface area contributed by atoms with E-state index >= 15 is 0 Å². The summed E-state index contributed by atoms with van der Waals surface area (Å²) in [7, 11) is 1.65.